The Labute approximate surface area is 153 Å². The van der Waals surface area contributed by atoms with Crippen LogP contribution in [-0.4, -0.2) is 31.1 Å². The lowest BCUT2D eigenvalue weighted by Crippen LogP contribution is -2.47. The molecule has 0 bridgehead atoms. The Morgan fingerprint density at radius 3 is 1.81 bits per heavy atom. The van der Waals surface area contributed by atoms with Gasteiger partial charge in [-0.15, -0.1) is 0 Å². The van der Waals surface area contributed by atoms with Gasteiger partial charge in [-0.3, -0.25) is 4.90 Å². The zero-order valence-electron chi connectivity index (χ0n) is 14.6. The van der Waals surface area contributed by atoms with Crippen LogP contribution in [-0.2, 0) is 0 Å². The Bertz CT molecular complexity index is 899. The van der Waals surface area contributed by atoms with E-state index in [2.05, 4.69) is 58.3 Å². The van der Waals surface area contributed by atoms with E-state index < -0.39 is 0 Å². The summed E-state index contributed by atoms with van der Waals surface area (Å²) in [5, 5.41) is 0. The fraction of sp³-hybridized carbons (Fsp3) is 0.217. The Hall–Kier alpha value is -2.65. The number of fused-ring (bicyclic) bond motifs is 3. The molecule has 0 spiro atoms. The van der Waals surface area contributed by atoms with E-state index in [-0.39, 0.29) is 5.82 Å². The number of para-hydroxylation sites is 1. The molecule has 0 N–H and O–H groups in total. The van der Waals surface area contributed by atoms with Crippen molar-refractivity contribution in [2.75, 3.05) is 31.1 Å². The molecule has 0 atom stereocenters. The van der Waals surface area contributed by atoms with Gasteiger partial charge >= 0.3 is 0 Å². The second kappa shape index (κ2) is 6.26. The van der Waals surface area contributed by atoms with Crippen molar-refractivity contribution in [2.24, 2.45) is 0 Å². The molecule has 2 aliphatic rings. The minimum atomic E-state index is -0.127. The molecule has 26 heavy (non-hydrogen) atoms. The van der Waals surface area contributed by atoms with Crippen LogP contribution in [0.25, 0.3) is 11.1 Å². The van der Waals surface area contributed by atoms with Gasteiger partial charge in [0, 0.05) is 26.2 Å². The van der Waals surface area contributed by atoms with Crippen LogP contribution in [0.4, 0.5) is 10.1 Å². The molecule has 0 saturated carbocycles. The van der Waals surface area contributed by atoms with E-state index in [4.69, 9.17) is 0 Å². The summed E-state index contributed by atoms with van der Waals surface area (Å²) < 4.78 is 14.1. The number of anilines is 1. The first-order valence-corrected chi connectivity index (χ1v) is 9.25. The second-order valence-corrected chi connectivity index (χ2v) is 7.05. The van der Waals surface area contributed by atoms with Gasteiger partial charge in [-0.1, -0.05) is 60.7 Å². The van der Waals surface area contributed by atoms with Crippen molar-refractivity contribution in [1.82, 2.24) is 4.90 Å². The molecule has 0 unspecified atom stereocenters. The van der Waals surface area contributed by atoms with E-state index in [0.29, 0.717) is 6.04 Å². The normalized spacial score (nSPS) is 17.2. The summed E-state index contributed by atoms with van der Waals surface area (Å²) in [5.74, 6) is -0.127. The van der Waals surface area contributed by atoms with E-state index >= 15 is 0 Å². The predicted molar refractivity (Wildman–Crippen MR) is 104 cm³/mol. The number of halogens is 1. The van der Waals surface area contributed by atoms with E-state index in [1.54, 1.807) is 12.1 Å². The Balaban J connectivity index is 1.43. The van der Waals surface area contributed by atoms with E-state index in [0.717, 1.165) is 31.9 Å². The van der Waals surface area contributed by atoms with Crippen LogP contribution >= 0.6 is 0 Å². The molecule has 5 rings (SSSR count). The van der Waals surface area contributed by atoms with Crippen LogP contribution in [0.1, 0.15) is 17.2 Å². The van der Waals surface area contributed by atoms with E-state index in [1.165, 1.54) is 22.3 Å². The van der Waals surface area contributed by atoms with E-state index in [9.17, 15) is 4.39 Å². The van der Waals surface area contributed by atoms with Crippen molar-refractivity contribution in [3.63, 3.8) is 0 Å². The lowest BCUT2D eigenvalue weighted by atomic mass is 10.0. The van der Waals surface area contributed by atoms with Gasteiger partial charge < -0.3 is 4.90 Å². The van der Waals surface area contributed by atoms with Gasteiger partial charge in [-0.25, -0.2) is 4.39 Å². The van der Waals surface area contributed by atoms with Crippen molar-refractivity contribution in [3.05, 3.63) is 89.7 Å². The van der Waals surface area contributed by atoms with Crippen LogP contribution < -0.4 is 4.90 Å². The molecule has 130 valence electrons. The van der Waals surface area contributed by atoms with Gasteiger partial charge in [0.1, 0.15) is 5.82 Å². The number of nitrogens with zero attached hydrogens (tertiary/aromatic N) is 2. The summed E-state index contributed by atoms with van der Waals surface area (Å²) >= 11 is 0. The zero-order valence-corrected chi connectivity index (χ0v) is 14.6. The SMILES string of the molecule is Fc1ccccc1N1CCN(C2c3ccccc3-c3ccccc32)CC1. The molecule has 1 aliphatic heterocycles. The molecular weight excluding hydrogens is 323 g/mol. The van der Waals surface area contributed by atoms with Crippen molar-refractivity contribution in [1.29, 1.82) is 0 Å². The number of hydrogen-bond donors (Lipinski definition) is 0. The van der Waals surface area contributed by atoms with Crippen LogP contribution in [0, 0.1) is 5.82 Å². The molecular formula is C23H21FN2. The lowest BCUT2D eigenvalue weighted by Gasteiger charge is -2.39. The van der Waals surface area contributed by atoms with Crippen molar-refractivity contribution < 1.29 is 4.39 Å². The highest BCUT2D eigenvalue weighted by Crippen LogP contribution is 2.46. The van der Waals surface area contributed by atoms with Crippen molar-refractivity contribution in [3.8, 4) is 11.1 Å². The Kier molecular flexibility index (Phi) is 3.75. The minimum absolute atomic E-state index is 0.127. The third kappa shape index (κ3) is 2.43. The fourth-order valence-corrected chi connectivity index (χ4v) is 4.45. The average molecular weight is 344 g/mol. The van der Waals surface area contributed by atoms with Gasteiger partial charge in [0.15, 0.2) is 0 Å². The number of rotatable bonds is 2. The summed E-state index contributed by atoms with van der Waals surface area (Å²) in [6.07, 6.45) is 0. The van der Waals surface area contributed by atoms with Gasteiger partial charge in [0.05, 0.1) is 11.7 Å². The maximum atomic E-state index is 14.1. The highest BCUT2D eigenvalue weighted by molar-refractivity contribution is 5.78. The first-order chi connectivity index (χ1) is 12.8. The smallest absolute Gasteiger partial charge is 0.146 e. The van der Waals surface area contributed by atoms with Crippen LogP contribution in [0.3, 0.4) is 0 Å². The molecule has 1 heterocycles. The van der Waals surface area contributed by atoms with Gasteiger partial charge in [0.2, 0.25) is 0 Å². The third-order valence-electron chi connectivity index (χ3n) is 5.67. The zero-order chi connectivity index (χ0) is 17.5. The number of benzene rings is 3. The van der Waals surface area contributed by atoms with Crippen molar-refractivity contribution in [2.45, 2.75) is 6.04 Å². The summed E-state index contributed by atoms with van der Waals surface area (Å²) in [4.78, 5) is 4.71. The molecule has 1 fully saturated rings. The average Bonchev–Trinajstić information content (AvgIpc) is 3.03. The molecule has 0 aromatic heterocycles. The first-order valence-electron chi connectivity index (χ1n) is 9.25. The largest absolute Gasteiger partial charge is 0.367 e. The standard InChI is InChI=1S/C23H21FN2/c24-21-11-5-6-12-22(21)25-13-15-26(16-14-25)23-19-9-3-1-7-17(19)18-8-2-4-10-20(18)23/h1-12,23H,13-16H2. The molecule has 3 aromatic carbocycles. The summed E-state index contributed by atoms with van der Waals surface area (Å²) in [5.41, 5.74) is 6.22. The molecule has 3 heteroatoms. The molecule has 3 aromatic rings. The van der Waals surface area contributed by atoms with Crippen LogP contribution in [0.2, 0.25) is 0 Å². The maximum absolute atomic E-state index is 14.1. The van der Waals surface area contributed by atoms with Gasteiger partial charge in [-0.2, -0.15) is 0 Å². The first kappa shape index (κ1) is 15.6. The molecule has 1 saturated heterocycles. The topological polar surface area (TPSA) is 6.48 Å². The second-order valence-electron chi connectivity index (χ2n) is 7.05. The monoisotopic (exact) mass is 344 g/mol. The van der Waals surface area contributed by atoms with Gasteiger partial charge in [-0.05, 0) is 34.4 Å². The number of piperazine rings is 1. The predicted octanol–water partition coefficient (Wildman–Crippen LogP) is 4.72. The third-order valence-corrected chi connectivity index (χ3v) is 5.67. The lowest BCUT2D eigenvalue weighted by molar-refractivity contribution is 0.215. The molecule has 2 nitrogen and oxygen atoms in total. The van der Waals surface area contributed by atoms with Crippen LogP contribution in [0.15, 0.2) is 72.8 Å². The van der Waals surface area contributed by atoms with Crippen LogP contribution in [0.5, 0.6) is 0 Å². The molecule has 1 aliphatic carbocycles. The van der Waals surface area contributed by atoms with Gasteiger partial charge in [0.25, 0.3) is 0 Å². The highest BCUT2D eigenvalue weighted by atomic mass is 19.1. The summed E-state index contributed by atoms with van der Waals surface area (Å²) in [7, 11) is 0. The quantitative estimate of drug-likeness (QED) is 0.664. The van der Waals surface area contributed by atoms with E-state index in [1.807, 2.05) is 12.1 Å². The van der Waals surface area contributed by atoms with Crippen molar-refractivity contribution >= 4 is 5.69 Å². The summed E-state index contributed by atoms with van der Waals surface area (Å²) in [6, 6.07) is 24.9. The minimum Gasteiger partial charge on any atom is -0.367 e. The molecule has 0 amide bonds. The Morgan fingerprint density at radius 1 is 0.654 bits per heavy atom. The Morgan fingerprint density at radius 2 is 1.19 bits per heavy atom. The highest BCUT2D eigenvalue weighted by Gasteiger charge is 2.34. The number of hydrogen-bond acceptors (Lipinski definition) is 2. The fourth-order valence-electron chi connectivity index (χ4n) is 4.45. The maximum Gasteiger partial charge on any atom is 0.146 e. The molecule has 0 radical (unpaired) electrons. The summed E-state index contributed by atoms with van der Waals surface area (Å²) in [6.45, 7) is 3.56.